The molecule has 1 heterocycles. The number of benzene rings is 1. The Morgan fingerprint density at radius 1 is 1.25 bits per heavy atom. The summed E-state index contributed by atoms with van der Waals surface area (Å²) in [5, 5.41) is 2.72. The standard InChI is InChI=1S/C20H21N5O3/c1-11-7-8-12(9-13(11)19(22)26)15-10-23-18(21)17(24-15)20(27)25-14-5-3-4-6-16(14)28-2/h3-11,13H,1-2H3,(H2,21,23)(H2,22,26)(H,25,27)/t11-,13?/m1/s1. The van der Waals surface area contributed by atoms with Gasteiger partial charge in [-0.15, -0.1) is 0 Å². The van der Waals surface area contributed by atoms with Crippen molar-refractivity contribution in [1.82, 2.24) is 9.97 Å². The monoisotopic (exact) mass is 379 g/mol. The van der Waals surface area contributed by atoms with Crippen LogP contribution in [0.3, 0.4) is 0 Å². The van der Waals surface area contributed by atoms with Crippen LogP contribution in [-0.4, -0.2) is 28.9 Å². The summed E-state index contributed by atoms with van der Waals surface area (Å²) in [6.07, 6.45) is 6.89. The summed E-state index contributed by atoms with van der Waals surface area (Å²) < 4.78 is 5.23. The number of primary amides is 1. The quantitative estimate of drug-likeness (QED) is 0.728. The molecule has 1 unspecified atom stereocenters. The zero-order valence-electron chi connectivity index (χ0n) is 15.5. The highest BCUT2D eigenvalue weighted by molar-refractivity contribution is 6.06. The number of nitrogens with one attached hydrogen (secondary N) is 1. The minimum absolute atomic E-state index is 0.00337. The normalized spacial score (nSPS) is 18.3. The predicted octanol–water partition coefficient (Wildman–Crippen LogP) is 2.01. The Morgan fingerprint density at radius 3 is 2.71 bits per heavy atom. The summed E-state index contributed by atoms with van der Waals surface area (Å²) in [5.74, 6) is -0.906. The third-order valence-electron chi connectivity index (χ3n) is 4.50. The molecular weight excluding hydrogens is 358 g/mol. The van der Waals surface area contributed by atoms with E-state index in [1.54, 1.807) is 30.3 Å². The van der Waals surface area contributed by atoms with E-state index in [9.17, 15) is 9.59 Å². The van der Waals surface area contributed by atoms with Crippen molar-refractivity contribution in [2.75, 3.05) is 18.2 Å². The molecule has 1 aromatic heterocycles. The summed E-state index contributed by atoms with van der Waals surface area (Å²) in [7, 11) is 1.51. The highest BCUT2D eigenvalue weighted by atomic mass is 16.5. The smallest absolute Gasteiger partial charge is 0.278 e. The van der Waals surface area contributed by atoms with E-state index in [0.29, 0.717) is 22.7 Å². The Bertz CT molecular complexity index is 984. The Morgan fingerprint density at radius 2 is 2.00 bits per heavy atom. The summed E-state index contributed by atoms with van der Waals surface area (Å²) in [5.41, 5.74) is 12.9. The van der Waals surface area contributed by atoms with E-state index < -0.39 is 17.7 Å². The number of allylic oxidation sites excluding steroid dienone is 3. The number of nitrogens with zero attached hydrogens (tertiary/aromatic N) is 2. The molecule has 2 aromatic rings. The molecule has 1 aliphatic carbocycles. The van der Waals surface area contributed by atoms with Crippen LogP contribution in [0.25, 0.3) is 5.57 Å². The molecule has 144 valence electrons. The van der Waals surface area contributed by atoms with E-state index in [4.69, 9.17) is 16.2 Å². The topological polar surface area (TPSA) is 133 Å². The van der Waals surface area contributed by atoms with Gasteiger partial charge in [-0.1, -0.05) is 37.3 Å². The SMILES string of the molecule is COc1ccccc1NC(=O)c1nc(C2=CC(C(N)=O)[C@H](C)C=C2)cnc1N. The maximum absolute atomic E-state index is 12.7. The second kappa shape index (κ2) is 7.91. The molecule has 0 radical (unpaired) electrons. The molecular formula is C20H21N5O3. The molecule has 0 saturated carbocycles. The molecule has 8 heteroatoms. The first kappa shape index (κ1) is 19.1. The third-order valence-corrected chi connectivity index (χ3v) is 4.50. The van der Waals surface area contributed by atoms with Gasteiger partial charge in [0.05, 0.1) is 30.6 Å². The molecule has 2 atom stereocenters. The van der Waals surface area contributed by atoms with Gasteiger partial charge in [-0.25, -0.2) is 9.97 Å². The molecule has 0 saturated heterocycles. The maximum Gasteiger partial charge on any atom is 0.278 e. The van der Waals surface area contributed by atoms with E-state index in [1.165, 1.54) is 13.3 Å². The molecule has 0 fully saturated rings. The van der Waals surface area contributed by atoms with Gasteiger partial charge in [0.1, 0.15) is 5.75 Å². The Kier molecular flexibility index (Phi) is 5.39. The average molecular weight is 379 g/mol. The lowest BCUT2D eigenvalue weighted by Gasteiger charge is -2.20. The molecule has 28 heavy (non-hydrogen) atoms. The summed E-state index contributed by atoms with van der Waals surface area (Å²) in [4.78, 5) is 32.8. The van der Waals surface area contributed by atoms with Crippen molar-refractivity contribution in [3.63, 3.8) is 0 Å². The number of aromatic nitrogens is 2. The summed E-state index contributed by atoms with van der Waals surface area (Å²) >= 11 is 0. The van der Waals surface area contributed by atoms with Crippen LogP contribution in [0.2, 0.25) is 0 Å². The van der Waals surface area contributed by atoms with E-state index >= 15 is 0 Å². The van der Waals surface area contributed by atoms with Crippen LogP contribution in [0, 0.1) is 11.8 Å². The molecule has 1 aromatic carbocycles. The number of hydrogen-bond acceptors (Lipinski definition) is 6. The van der Waals surface area contributed by atoms with Gasteiger partial charge in [0.25, 0.3) is 5.91 Å². The van der Waals surface area contributed by atoms with Gasteiger partial charge in [0, 0.05) is 0 Å². The van der Waals surface area contributed by atoms with Crippen molar-refractivity contribution in [3.05, 3.63) is 60.1 Å². The molecule has 3 rings (SSSR count). The number of carbonyl (C=O) groups excluding carboxylic acids is 2. The second-order valence-corrected chi connectivity index (χ2v) is 6.41. The van der Waals surface area contributed by atoms with Gasteiger partial charge in [0.15, 0.2) is 11.5 Å². The molecule has 2 amide bonds. The van der Waals surface area contributed by atoms with Crippen molar-refractivity contribution >= 4 is 28.9 Å². The van der Waals surface area contributed by atoms with Crippen LogP contribution >= 0.6 is 0 Å². The fourth-order valence-corrected chi connectivity index (χ4v) is 2.92. The molecule has 5 N–H and O–H groups in total. The molecule has 0 spiro atoms. The number of nitrogens with two attached hydrogens (primary N) is 2. The molecule has 0 bridgehead atoms. The van der Waals surface area contributed by atoms with E-state index in [0.717, 1.165) is 0 Å². The molecule has 8 nitrogen and oxygen atoms in total. The number of ether oxygens (including phenoxy) is 1. The first-order valence-corrected chi connectivity index (χ1v) is 8.67. The van der Waals surface area contributed by atoms with Gasteiger partial charge >= 0.3 is 0 Å². The van der Waals surface area contributed by atoms with E-state index in [-0.39, 0.29) is 17.4 Å². The van der Waals surface area contributed by atoms with Crippen molar-refractivity contribution in [2.24, 2.45) is 17.6 Å². The van der Waals surface area contributed by atoms with Crippen molar-refractivity contribution in [1.29, 1.82) is 0 Å². The van der Waals surface area contributed by atoms with Crippen LogP contribution in [0.5, 0.6) is 5.75 Å². The number of hydrogen-bond donors (Lipinski definition) is 3. The number of para-hydroxylation sites is 2. The largest absolute Gasteiger partial charge is 0.495 e. The fourth-order valence-electron chi connectivity index (χ4n) is 2.92. The van der Waals surface area contributed by atoms with Crippen LogP contribution in [0.1, 0.15) is 23.1 Å². The minimum atomic E-state index is -0.517. The van der Waals surface area contributed by atoms with E-state index in [2.05, 4.69) is 15.3 Å². The van der Waals surface area contributed by atoms with Gasteiger partial charge < -0.3 is 21.5 Å². The number of nitrogen functional groups attached to an aromatic ring is 1. The number of carbonyl (C=O) groups is 2. The molecule has 1 aliphatic rings. The van der Waals surface area contributed by atoms with Crippen LogP contribution in [0.15, 0.2) is 48.7 Å². The highest BCUT2D eigenvalue weighted by Gasteiger charge is 2.24. The van der Waals surface area contributed by atoms with Gasteiger partial charge in [-0.05, 0) is 23.6 Å². The Labute approximate surface area is 162 Å². The van der Waals surface area contributed by atoms with Gasteiger partial charge in [-0.2, -0.15) is 0 Å². The molecule has 0 aliphatic heterocycles. The van der Waals surface area contributed by atoms with Gasteiger partial charge in [-0.3, -0.25) is 9.59 Å². The van der Waals surface area contributed by atoms with Gasteiger partial charge in [0.2, 0.25) is 5.91 Å². The van der Waals surface area contributed by atoms with Crippen LogP contribution in [-0.2, 0) is 4.79 Å². The summed E-state index contributed by atoms with van der Waals surface area (Å²) in [6, 6.07) is 6.99. The lowest BCUT2D eigenvalue weighted by molar-refractivity contribution is -0.121. The number of amides is 2. The predicted molar refractivity (Wildman–Crippen MR) is 106 cm³/mol. The maximum atomic E-state index is 12.7. The Balaban J connectivity index is 1.92. The van der Waals surface area contributed by atoms with Crippen molar-refractivity contribution in [2.45, 2.75) is 6.92 Å². The second-order valence-electron chi connectivity index (χ2n) is 6.41. The third kappa shape index (κ3) is 3.85. The fraction of sp³-hybridized carbons (Fsp3) is 0.200. The first-order valence-electron chi connectivity index (χ1n) is 8.67. The zero-order valence-corrected chi connectivity index (χ0v) is 15.5. The zero-order chi connectivity index (χ0) is 20.3. The van der Waals surface area contributed by atoms with Crippen LogP contribution in [0.4, 0.5) is 11.5 Å². The van der Waals surface area contributed by atoms with Crippen molar-refractivity contribution < 1.29 is 14.3 Å². The minimum Gasteiger partial charge on any atom is -0.495 e. The lowest BCUT2D eigenvalue weighted by Crippen LogP contribution is -2.27. The number of methoxy groups -OCH3 is 1. The number of anilines is 2. The van der Waals surface area contributed by atoms with Crippen LogP contribution < -0.4 is 21.5 Å². The Hall–Kier alpha value is -3.68. The first-order chi connectivity index (χ1) is 13.4. The highest BCUT2D eigenvalue weighted by Crippen LogP contribution is 2.28. The van der Waals surface area contributed by atoms with Crippen molar-refractivity contribution in [3.8, 4) is 5.75 Å². The van der Waals surface area contributed by atoms with E-state index in [1.807, 2.05) is 19.1 Å². The average Bonchev–Trinajstić information content (AvgIpc) is 2.69. The lowest BCUT2D eigenvalue weighted by atomic mass is 9.86. The number of rotatable bonds is 5. The summed E-state index contributed by atoms with van der Waals surface area (Å²) in [6.45, 7) is 1.90.